The normalized spacial score (nSPS) is 14.1. The van der Waals surface area contributed by atoms with Crippen molar-refractivity contribution in [2.45, 2.75) is 6.42 Å². The van der Waals surface area contributed by atoms with Crippen molar-refractivity contribution >= 4 is 27.9 Å². The molecule has 1 N–H and O–H groups in total. The molecule has 1 saturated heterocycles. The number of hydrogen-bond donors (Lipinski definition) is 1. The van der Waals surface area contributed by atoms with Crippen LogP contribution in [0.1, 0.15) is 16.9 Å². The summed E-state index contributed by atoms with van der Waals surface area (Å²) in [5.41, 5.74) is 3.05. The predicted molar refractivity (Wildman–Crippen MR) is 70.2 cm³/mol. The van der Waals surface area contributed by atoms with E-state index in [2.05, 4.69) is 15.3 Å². The molecule has 0 bridgehead atoms. The third kappa shape index (κ3) is 2.06. The van der Waals surface area contributed by atoms with Crippen molar-refractivity contribution in [3.8, 4) is 0 Å². The molecule has 1 aliphatic heterocycles. The van der Waals surface area contributed by atoms with E-state index in [9.17, 15) is 4.79 Å². The zero-order valence-electron chi connectivity index (χ0n) is 9.67. The van der Waals surface area contributed by atoms with E-state index < -0.39 is 0 Å². The summed E-state index contributed by atoms with van der Waals surface area (Å²) in [4.78, 5) is 22.1. The van der Waals surface area contributed by atoms with Gasteiger partial charge in [0.05, 0.1) is 17.4 Å². The zero-order chi connectivity index (χ0) is 12.4. The summed E-state index contributed by atoms with van der Waals surface area (Å²) in [5.74, 6) is 0.00823. The number of amides is 1. The minimum atomic E-state index is 0.00823. The van der Waals surface area contributed by atoms with Gasteiger partial charge in [-0.25, -0.2) is 4.98 Å². The number of nitrogens with one attached hydrogen (secondary N) is 1. The van der Waals surface area contributed by atoms with Gasteiger partial charge in [0.15, 0.2) is 5.69 Å². The minimum Gasteiger partial charge on any atom is -0.344 e. The molecule has 0 aromatic carbocycles. The highest BCUT2D eigenvalue weighted by Crippen LogP contribution is 2.26. The van der Waals surface area contributed by atoms with Crippen LogP contribution in [0.15, 0.2) is 30.0 Å². The fraction of sp³-hybridized carbons (Fsp3) is 0.250. The Morgan fingerprint density at radius 2 is 2.33 bits per heavy atom. The van der Waals surface area contributed by atoms with Crippen LogP contribution in [0, 0.1) is 0 Å². The number of thiazole rings is 1. The average Bonchev–Trinajstić information content (AvgIpc) is 2.76. The van der Waals surface area contributed by atoms with Crippen molar-refractivity contribution in [3.63, 3.8) is 0 Å². The van der Waals surface area contributed by atoms with E-state index in [1.807, 2.05) is 17.0 Å². The maximum Gasteiger partial charge on any atom is 0.275 e. The number of rotatable bonds is 3. The van der Waals surface area contributed by atoms with Crippen LogP contribution in [0.4, 0.5) is 10.7 Å². The van der Waals surface area contributed by atoms with Crippen LogP contribution in [-0.4, -0.2) is 33.9 Å². The smallest absolute Gasteiger partial charge is 0.275 e. The number of hydrogen-bond acceptors (Lipinski definition) is 5. The first-order valence-electron chi connectivity index (χ1n) is 5.74. The Morgan fingerprint density at radius 1 is 1.44 bits per heavy atom. The minimum absolute atomic E-state index is 0.00823. The van der Waals surface area contributed by atoms with Crippen LogP contribution < -0.4 is 5.32 Å². The van der Waals surface area contributed by atoms with E-state index in [0.717, 1.165) is 30.2 Å². The quantitative estimate of drug-likeness (QED) is 0.918. The van der Waals surface area contributed by atoms with Gasteiger partial charge in [-0.3, -0.25) is 9.78 Å². The van der Waals surface area contributed by atoms with E-state index in [1.54, 1.807) is 17.9 Å². The highest BCUT2D eigenvalue weighted by atomic mass is 32.1. The molecular weight excluding hydrogens is 248 g/mol. The lowest BCUT2D eigenvalue weighted by atomic mass is 10.2. The van der Waals surface area contributed by atoms with Gasteiger partial charge in [0.25, 0.3) is 5.91 Å². The fourth-order valence-electron chi connectivity index (χ4n) is 1.72. The molecule has 2 aromatic rings. The molecule has 1 amide bonds. The second-order valence-corrected chi connectivity index (χ2v) is 4.90. The number of pyridine rings is 1. The van der Waals surface area contributed by atoms with Gasteiger partial charge in [-0.15, -0.1) is 11.3 Å². The van der Waals surface area contributed by atoms with Gasteiger partial charge in [-0.05, 0) is 18.6 Å². The van der Waals surface area contributed by atoms with Gasteiger partial charge in [-0.1, -0.05) is 0 Å². The van der Waals surface area contributed by atoms with Gasteiger partial charge in [0, 0.05) is 19.3 Å². The third-order valence-electron chi connectivity index (χ3n) is 2.83. The third-order valence-corrected chi connectivity index (χ3v) is 3.57. The first-order valence-corrected chi connectivity index (χ1v) is 6.62. The lowest BCUT2D eigenvalue weighted by Gasteiger charge is -2.30. The lowest BCUT2D eigenvalue weighted by molar-refractivity contribution is 0.0647. The van der Waals surface area contributed by atoms with Gasteiger partial charge in [0.1, 0.15) is 5.00 Å². The largest absolute Gasteiger partial charge is 0.344 e. The van der Waals surface area contributed by atoms with Gasteiger partial charge < -0.3 is 10.2 Å². The number of nitrogens with zero attached hydrogens (tertiary/aromatic N) is 3. The van der Waals surface area contributed by atoms with Crippen LogP contribution in [0.2, 0.25) is 0 Å². The van der Waals surface area contributed by atoms with Crippen molar-refractivity contribution in [1.82, 2.24) is 14.9 Å². The molecule has 3 rings (SSSR count). The summed E-state index contributed by atoms with van der Waals surface area (Å²) in [6.45, 7) is 1.67. The molecule has 0 unspecified atom stereocenters. The van der Waals surface area contributed by atoms with Crippen LogP contribution in [0.5, 0.6) is 0 Å². The van der Waals surface area contributed by atoms with E-state index in [-0.39, 0.29) is 5.91 Å². The lowest BCUT2D eigenvalue weighted by Crippen LogP contribution is -2.42. The highest BCUT2D eigenvalue weighted by Gasteiger charge is 2.25. The SMILES string of the molecule is O=C(c1ncsc1Nc1cccnc1)N1CCC1. The highest BCUT2D eigenvalue weighted by molar-refractivity contribution is 7.14. The summed E-state index contributed by atoms with van der Waals surface area (Å²) in [6, 6.07) is 3.75. The molecule has 92 valence electrons. The Bertz CT molecular complexity index is 550. The van der Waals surface area contributed by atoms with Crippen LogP contribution in [0.25, 0.3) is 0 Å². The molecule has 1 aliphatic rings. The summed E-state index contributed by atoms with van der Waals surface area (Å²) in [6.07, 6.45) is 4.52. The Kier molecular flexibility index (Phi) is 2.93. The van der Waals surface area contributed by atoms with Gasteiger partial charge in [0.2, 0.25) is 0 Å². The first kappa shape index (κ1) is 11.2. The molecule has 0 saturated carbocycles. The van der Waals surface area contributed by atoms with E-state index in [0.29, 0.717) is 5.69 Å². The summed E-state index contributed by atoms with van der Waals surface area (Å²) < 4.78 is 0. The number of likely N-dealkylation sites (tertiary alicyclic amines) is 1. The number of anilines is 2. The molecule has 0 aliphatic carbocycles. The van der Waals surface area contributed by atoms with Gasteiger partial charge >= 0.3 is 0 Å². The number of carbonyl (C=O) groups excluding carboxylic acids is 1. The fourth-order valence-corrected chi connectivity index (χ4v) is 2.42. The number of carbonyl (C=O) groups is 1. The predicted octanol–water partition coefficient (Wildman–Crippen LogP) is 2.13. The van der Waals surface area contributed by atoms with E-state index >= 15 is 0 Å². The van der Waals surface area contributed by atoms with Crippen molar-refractivity contribution in [2.75, 3.05) is 18.4 Å². The molecular formula is C12H12N4OS. The van der Waals surface area contributed by atoms with Crippen molar-refractivity contribution in [1.29, 1.82) is 0 Å². The zero-order valence-corrected chi connectivity index (χ0v) is 10.5. The standard InChI is InChI=1S/C12H12N4OS/c17-12(16-5-2-6-16)10-11(18-8-14-10)15-9-3-1-4-13-7-9/h1,3-4,7-8,15H,2,5-6H2. The summed E-state index contributed by atoms with van der Waals surface area (Å²) >= 11 is 1.43. The molecule has 2 aromatic heterocycles. The molecule has 5 nitrogen and oxygen atoms in total. The number of aromatic nitrogens is 2. The molecule has 1 fully saturated rings. The van der Waals surface area contributed by atoms with Crippen molar-refractivity contribution in [3.05, 3.63) is 35.7 Å². The first-order chi connectivity index (χ1) is 8.84. The topological polar surface area (TPSA) is 58.1 Å². The molecule has 0 radical (unpaired) electrons. The second-order valence-electron chi connectivity index (χ2n) is 4.04. The Balaban J connectivity index is 1.81. The molecule has 3 heterocycles. The second kappa shape index (κ2) is 4.73. The molecule has 6 heteroatoms. The van der Waals surface area contributed by atoms with Crippen molar-refractivity contribution < 1.29 is 4.79 Å². The van der Waals surface area contributed by atoms with E-state index in [4.69, 9.17) is 0 Å². The summed E-state index contributed by atoms with van der Waals surface area (Å²) in [7, 11) is 0. The maximum absolute atomic E-state index is 12.1. The van der Waals surface area contributed by atoms with E-state index in [1.165, 1.54) is 11.3 Å². The maximum atomic E-state index is 12.1. The van der Waals surface area contributed by atoms with Crippen LogP contribution >= 0.6 is 11.3 Å². The molecule has 0 atom stereocenters. The van der Waals surface area contributed by atoms with Crippen molar-refractivity contribution in [2.24, 2.45) is 0 Å². The van der Waals surface area contributed by atoms with Crippen LogP contribution in [-0.2, 0) is 0 Å². The van der Waals surface area contributed by atoms with Crippen LogP contribution in [0.3, 0.4) is 0 Å². The summed E-state index contributed by atoms with van der Waals surface area (Å²) in [5, 5.41) is 3.96. The Hall–Kier alpha value is -1.95. The molecule has 18 heavy (non-hydrogen) atoms. The Labute approximate surface area is 108 Å². The Morgan fingerprint density at radius 3 is 3.00 bits per heavy atom. The monoisotopic (exact) mass is 260 g/mol. The van der Waals surface area contributed by atoms with Gasteiger partial charge in [-0.2, -0.15) is 0 Å². The average molecular weight is 260 g/mol. The molecule has 0 spiro atoms.